The molecule has 0 spiro atoms. The van der Waals surface area contributed by atoms with Gasteiger partial charge in [0.25, 0.3) is 0 Å². The third-order valence-corrected chi connectivity index (χ3v) is 3.39. The van der Waals surface area contributed by atoms with Crippen LogP contribution in [-0.2, 0) is 4.89 Å². The lowest BCUT2D eigenvalue weighted by Gasteiger charge is -2.11. The highest BCUT2D eigenvalue weighted by Crippen LogP contribution is 2.14. The van der Waals surface area contributed by atoms with Crippen LogP contribution in [-0.4, -0.2) is 11.4 Å². The van der Waals surface area contributed by atoms with Crippen LogP contribution in [0.2, 0.25) is 0 Å². The molecule has 0 aliphatic heterocycles. The van der Waals surface area contributed by atoms with E-state index in [1.807, 2.05) is 0 Å². The lowest BCUT2D eigenvalue weighted by atomic mass is 10.0. The maximum Gasteiger partial charge on any atom is 0.0927 e. The van der Waals surface area contributed by atoms with E-state index in [2.05, 4.69) is 18.7 Å². The van der Waals surface area contributed by atoms with Crippen LogP contribution in [0.3, 0.4) is 0 Å². The van der Waals surface area contributed by atoms with Crippen LogP contribution in [0, 0.1) is 0 Å². The van der Waals surface area contributed by atoms with Gasteiger partial charge in [0, 0.05) is 0 Å². The van der Waals surface area contributed by atoms with Crippen molar-refractivity contribution in [2.75, 3.05) is 0 Å². The fourth-order valence-corrected chi connectivity index (χ4v) is 2.25. The van der Waals surface area contributed by atoms with E-state index in [0.717, 1.165) is 19.3 Å². The number of hydrogen-bond acceptors (Lipinski definition) is 2. The summed E-state index contributed by atoms with van der Waals surface area (Å²) in [5.74, 6) is 0. The van der Waals surface area contributed by atoms with Crippen LogP contribution in [0.25, 0.3) is 0 Å². The van der Waals surface area contributed by atoms with E-state index in [4.69, 9.17) is 5.26 Å². The molecule has 1 atom stereocenters. The van der Waals surface area contributed by atoms with Gasteiger partial charge in [0.1, 0.15) is 0 Å². The van der Waals surface area contributed by atoms with Crippen LogP contribution in [0.15, 0.2) is 0 Å². The zero-order valence-electron chi connectivity index (χ0n) is 11.9. The van der Waals surface area contributed by atoms with Crippen molar-refractivity contribution in [3.8, 4) is 0 Å². The molecule has 1 N–H and O–H groups in total. The minimum atomic E-state index is 0.0737. The predicted octanol–water partition coefficient (Wildman–Crippen LogP) is 5.57. The Bertz CT molecular complexity index is 137. The topological polar surface area (TPSA) is 29.5 Å². The number of rotatable bonds is 13. The van der Waals surface area contributed by atoms with Gasteiger partial charge in [-0.15, -0.1) is 0 Å². The summed E-state index contributed by atoms with van der Waals surface area (Å²) < 4.78 is 0. The number of hydrogen-bond donors (Lipinski definition) is 1. The molecule has 0 aliphatic carbocycles. The van der Waals surface area contributed by atoms with E-state index < -0.39 is 0 Å². The molecule has 17 heavy (non-hydrogen) atoms. The third kappa shape index (κ3) is 12.2. The Morgan fingerprint density at radius 1 is 0.706 bits per heavy atom. The van der Waals surface area contributed by atoms with Crippen molar-refractivity contribution in [1.29, 1.82) is 0 Å². The standard InChI is InChI=1S/C15H32O2/c1-3-5-6-7-8-9-10-11-12-14-15(17-16)13-4-2/h15-16H,3-14H2,1-2H3. The average molecular weight is 244 g/mol. The molecule has 0 aromatic heterocycles. The normalized spacial score (nSPS) is 12.9. The van der Waals surface area contributed by atoms with Gasteiger partial charge >= 0.3 is 0 Å². The minimum Gasteiger partial charge on any atom is -0.252 e. The van der Waals surface area contributed by atoms with Gasteiger partial charge in [-0.3, -0.25) is 5.26 Å². The van der Waals surface area contributed by atoms with Gasteiger partial charge in [-0.05, 0) is 12.8 Å². The lowest BCUT2D eigenvalue weighted by molar-refractivity contribution is -0.281. The molecular formula is C15H32O2. The summed E-state index contributed by atoms with van der Waals surface area (Å²) >= 11 is 0. The second-order valence-corrected chi connectivity index (χ2v) is 5.13. The molecule has 1 unspecified atom stereocenters. The van der Waals surface area contributed by atoms with Gasteiger partial charge in [0.05, 0.1) is 6.10 Å². The first-order valence-electron chi connectivity index (χ1n) is 7.65. The summed E-state index contributed by atoms with van der Waals surface area (Å²) in [6, 6.07) is 0. The van der Waals surface area contributed by atoms with E-state index in [-0.39, 0.29) is 6.10 Å². The molecule has 0 saturated heterocycles. The van der Waals surface area contributed by atoms with Crippen LogP contribution >= 0.6 is 0 Å². The zero-order chi connectivity index (χ0) is 12.8. The molecule has 0 saturated carbocycles. The van der Waals surface area contributed by atoms with E-state index >= 15 is 0 Å². The summed E-state index contributed by atoms with van der Waals surface area (Å²) in [6.45, 7) is 4.39. The third-order valence-electron chi connectivity index (χ3n) is 3.39. The Morgan fingerprint density at radius 2 is 1.24 bits per heavy atom. The molecule has 0 bridgehead atoms. The highest BCUT2D eigenvalue weighted by molar-refractivity contribution is 4.56. The SMILES string of the molecule is CCCCCCCCCCCC(CCC)OO. The second kappa shape index (κ2) is 14.0. The van der Waals surface area contributed by atoms with Gasteiger partial charge < -0.3 is 0 Å². The van der Waals surface area contributed by atoms with Crippen molar-refractivity contribution >= 4 is 0 Å². The predicted molar refractivity (Wildman–Crippen MR) is 74.3 cm³/mol. The van der Waals surface area contributed by atoms with Gasteiger partial charge in [0.2, 0.25) is 0 Å². The molecule has 0 aromatic rings. The Balaban J connectivity index is 3.11. The maximum atomic E-state index is 8.68. The molecule has 0 fully saturated rings. The van der Waals surface area contributed by atoms with Crippen LogP contribution in [0.4, 0.5) is 0 Å². The minimum absolute atomic E-state index is 0.0737. The van der Waals surface area contributed by atoms with E-state index in [1.165, 1.54) is 57.8 Å². The van der Waals surface area contributed by atoms with E-state index in [9.17, 15) is 0 Å². The van der Waals surface area contributed by atoms with Crippen molar-refractivity contribution in [2.45, 2.75) is 97.0 Å². The fraction of sp³-hybridized carbons (Fsp3) is 1.00. The Morgan fingerprint density at radius 3 is 1.71 bits per heavy atom. The highest BCUT2D eigenvalue weighted by atomic mass is 17.1. The quantitative estimate of drug-likeness (QED) is 0.261. The smallest absolute Gasteiger partial charge is 0.0927 e. The van der Waals surface area contributed by atoms with Gasteiger partial charge in [-0.25, -0.2) is 4.89 Å². The molecule has 0 aliphatic rings. The van der Waals surface area contributed by atoms with Crippen LogP contribution in [0.1, 0.15) is 90.9 Å². The van der Waals surface area contributed by atoms with Gasteiger partial charge in [-0.2, -0.15) is 0 Å². The Labute approximate surface area is 108 Å². The largest absolute Gasteiger partial charge is 0.252 e. The second-order valence-electron chi connectivity index (χ2n) is 5.13. The van der Waals surface area contributed by atoms with Crippen molar-refractivity contribution in [1.82, 2.24) is 0 Å². The van der Waals surface area contributed by atoms with Crippen molar-refractivity contribution in [2.24, 2.45) is 0 Å². The molecular weight excluding hydrogens is 212 g/mol. The summed E-state index contributed by atoms with van der Waals surface area (Å²) in [7, 11) is 0. The van der Waals surface area contributed by atoms with Crippen molar-refractivity contribution in [3.63, 3.8) is 0 Å². The van der Waals surface area contributed by atoms with Crippen LogP contribution in [0.5, 0.6) is 0 Å². The van der Waals surface area contributed by atoms with Gasteiger partial charge in [-0.1, -0.05) is 78.1 Å². The molecule has 104 valence electrons. The van der Waals surface area contributed by atoms with E-state index in [1.54, 1.807) is 0 Å². The van der Waals surface area contributed by atoms with Crippen molar-refractivity contribution < 1.29 is 10.1 Å². The molecule has 0 heterocycles. The summed E-state index contributed by atoms with van der Waals surface area (Å²) in [4.78, 5) is 4.46. The maximum absolute atomic E-state index is 8.68. The summed E-state index contributed by atoms with van der Waals surface area (Å²) in [6.07, 6.45) is 15.3. The highest BCUT2D eigenvalue weighted by Gasteiger charge is 2.06. The molecule has 2 nitrogen and oxygen atoms in total. The molecule has 0 amide bonds. The van der Waals surface area contributed by atoms with E-state index in [0.29, 0.717) is 0 Å². The molecule has 0 rings (SSSR count). The van der Waals surface area contributed by atoms with Gasteiger partial charge in [0.15, 0.2) is 0 Å². The first-order valence-corrected chi connectivity index (χ1v) is 7.65. The zero-order valence-corrected chi connectivity index (χ0v) is 11.9. The summed E-state index contributed by atoms with van der Waals surface area (Å²) in [5, 5.41) is 8.68. The molecule has 0 radical (unpaired) electrons. The molecule has 2 heteroatoms. The molecule has 0 aromatic carbocycles. The number of unbranched alkanes of at least 4 members (excludes halogenated alkanes) is 8. The first-order chi connectivity index (χ1) is 8.35. The monoisotopic (exact) mass is 244 g/mol. The fourth-order valence-electron chi connectivity index (χ4n) is 2.25. The van der Waals surface area contributed by atoms with Crippen molar-refractivity contribution in [3.05, 3.63) is 0 Å². The average Bonchev–Trinajstić information content (AvgIpc) is 2.35. The van der Waals surface area contributed by atoms with Crippen LogP contribution < -0.4 is 0 Å². The Kier molecular flexibility index (Phi) is 13.9. The first kappa shape index (κ1) is 16.9. The summed E-state index contributed by atoms with van der Waals surface area (Å²) in [5.41, 5.74) is 0. The Hall–Kier alpha value is -0.0800. The lowest BCUT2D eigenvalue weighted by Crippen LogP contribution is -2.09.